The van der Waals surface area contributed by atoms with E-state index in [1.54, 1.807) is 20.0 Å². The molecule has 0 saturated heterocycles. The highest BCUT2D eigenvalue weighted by Gasteiger charge is 2.18. The Morgan fingerprint density at radius 3 is 2.60 bits per heavy atom. The number of aromatic nitrogens is 2. The van der Waals surface area contributed by atoms with Gasteiger partial charge in [-0.05, 0) is 33.8 Å². The molecule has 0 aliphatic carbocycles. The zero-order valence-electron chi connectivity index (χ0n) is 9.86. The molecule has 0 atom stereocenters. The third-order valence-electron chi connectivity index (χ3n) is 2.02. The van der Waals surface area contributed by atoms with E-state index >= 15 is 0 Å². The van der Waals surface area contributed by atoms with E-state index in [4.69, 9.17) is 0 Å². The molecule has 84 valence electrons. The van der Waals surface area contributed by atoms with Crippen molar-refractivity contribution in [1.29, 1.82) is 0 Å². The van der Waals surface area contributed by atoms with Gasteiger partial charge in [0, 0.05) is 25.0 Å². The second-order valence-electron chi connectivity index (χ2n) is 4.32. The van der Waals surface area contributed by atoms with Crippen LogP contribution in [0.15, 0.2) is 12.3 Å². The first-order valence-electron chi connectivity index (χ1n) is 5.19. The number of hydrogen-bond acceptors (Lipinski definition) is 4. The van der Waals surface area contributed by atoms with E-state index in [1.807, 2.05) is 24.8 Å². The molecule has 0 amide bonds. The summed E-state index contributed by atoms with van der Waals surface area (Å²) in [4.78, 5) is 10.5. The predicted molar refractivity (Wildman–Crippen MR) is 61.0 cm³/mol. The van der Waals surface area contributed by atoms with Crippen LogP contribution in [-0.4, -0.2) is 33.8 Å². The molecule has 1 heterocycles. The summed E-state index contributed by atoms with van der Waals surface area (Å²) < 4.78 is 0. The van der Waals surface area contributed by atoms with Gasteiger partial charge in [-0.1, -0.05) is 0 Å². The van der Waals surface area contributed by atoms with E-state index in [-0.39, 0.29) is 0 Å². The van der Waals surface area contributed by atoms with E-state index in [1.165, 1.54) is 0 Å². The fourth-order valence-corrected chi connectivity index (χ4v) is 1.38. The normalized spacial score (nSPS) is 11.5. The van der Waals surface area contributed by atoms with Crippen LogP contribution in [0.25, 0.3) is 0 Å². The molecule has 0 saturated carbocycles. The number of anilines is 1. The van der Waals surface area contributed by atoms with Crippen molar-refractivity contribution in [1.82, 2.24) is 9.97 Å². The number of nitrogens with zero attached hydrogens (tertiary/aromatic N) is 3. The molecule has 0 fully saturated rings. The molecule has 15 heavy (non-hydrogen) atoms. The maximum Gasteiger partial charge on any atom is 0.225 e. The van der Waals surface area contributed by atoms with Gasteiger partial charge < -0.3 is 10.0 Å². The average Bonchev–Trinajstić information content (AvgIpc) is 2.13. The van der Waals surface area contributed by atoms with E-state index in [9.17, 15) is 5.11 Å². The number of aliphatic hydroxyl groups is 1. The van der Waals surface area contributed by atoms with Crippen LogP contribution >= 0.6 is 0 Å². The van der Waals surface area contributed by atoms with Crippen LogP contribution in [0.2, 0.25) is 0 Å². The topological polar surface area (TPSA) is 49.2 Å². The number of rotatable bonds is 4. The number of likely N-dealkylation sites (N-methyl/N-ethyl adjacent to an activating group) is 1. The first-order chi connectivity index (χ1) is 6.92. The SMILES string of the molecule is CCN(CC(C)(C)O)c1nccc(C)n1. The molecule has 0 spiro atoms. The quantitative estimate of drug-likeness (QED) is 0.814. The maximum atomic E-state index is 9.75. The van der Waals surface area contributed by atoms with Crippen LogP contribution in [-0.2, 0) is 0 Å². The lowest BCUT2D eigenvalue weighted by Gasteiger charge is -2.28. The smallest absolute Gasteiger partial charge is 0.225 e. The third-order valence-corrected chi connectivity index (χ3v) is 2.02. The number of aryl methyl sites for hydroxylation is 1. The summed E-state index contributed by atoms with van der Waals surface area (Å²) in [6.45, 7) is 8.85. The molecule has 1 aromatic heterocycles. The minimum absolute atomic E-state index is 0.535. The molecular weight excluding hydrogens is 190 g/mol. The molecule has 0 unspecified atom stereocenters. The standard InChI is InChI=1S/C11H19N3O/c1-5-14(8-11(3,4)15)10-12-7-6-9(2)13-10/h6-7,15H,5,8H2,1-4H3. The molecule has 0 aliphatic rings. The van der Waals surface area contributed by atoms with Crippen molar-refractivity contribution >= 4 is 5.95 Å². The van der Waals surface area contributed by atoms with Crippen molar-refractivity contribution in [2.24, 2.45) is 0 Å². The summed E-state index contributed by atoms with van der Waals surface area (Å²) in [5, 5.41) is 9.75. The average molecular weight is 209 g/mol. The van der Waals surface area contributed by atoms with Gasteiger partial charge in [0.15, 0.2) is 0 Å². The van der Waals surface area contributed by atoms with Crippen LogP contribution in [0.5, 0.6) is 0 Å². The van der Waals surface area contributed by atoms with E-state index in [2.05, 4.69) is 9.97 Å². The van der Waals surface area contributed by atoms with Gasteiger partial charge in [0.1, 0.15) is 0 Å². The maximum absolute atomic E-state index is 9.75. The Bertz CT molecular complexity index is 320. The van der Waals surface area contributed by atoms with Crippen molar-refractivity contribution < 1.29 is 5.11 Å². The second kappa shape index (κ2) is 4.57. The van der Waals surface area contributed by atoms with Crippen molar-refractivity contribution in [3.05, 3.63) is 18.0 Å². The van der Waals surface area contributed by atoms with Crippen LogP contribution in [0, 0.1) is 6.92 Å². The van der Waals surface area contributed by atoms with Gasteiger partial charge in [0.25, 0.3) is 0 Å². The largest absolute Gasteiger partial charge is 0.389 e. The summed E-state index contributed by atoms with van der Waals surface area (Å²) >= 11 is 0. The summed E-state index contributed by atoms with van der Waals surface area (Å²) in [7, 11) is 0. The van der Waals surface area contributed by atoms with E-state index < -0.39 is 5.60 Å². The minimum Gasteiger partial charge on any atom is -0.389 e. The molecule has 4 heteroatoms. The molecule has 0 aromatic carbocycles. The Morgan fingerprint density at radius 1 is 1.47 bits per heavy atom. The number of hydrogen-bond donors (Lipinski definition) is 1. The monoisotopic (exact) mass is 209 g/mol. The van der Waals surface area contributed by atoms with Gasteiger partial charge in [0.05, 0.1) is 5.60 Å². The Hall–Kier alpha value is -1.16. The highest BCUT2D eigenvalue weighted by Crippen LogP contribution is 2.11. The molecule has 4 nitrogen and oxygen atoms in total. The first kappa shape index (κ1) is 11.9. The van der Waals surface area contributed by atoms with Gasteiger partial charge in [-0.15, -0.1) is 0 Å². The molecule has 0 radical (unpaired) electrons. The highest BCUT2D eigenvalue weighted by atomic mass is 16.3. The van der Waals surface area contributed by atoms with Crippen molar-refractivity contribution in [3.8, 4) is 0 Å². The van der Waals surface area contributed by atoms with Crippen LogP contribution < -0.4 is 4.90 Å². The van der Waals surface area contributed by atoms with E-state index in [0.717, 1.165) is 12.2 Å². The Labute approximate surface area is 91.0 Å². The molecule has 1 rings (SSSR count). The Kier molecular flexibility index (Phi) is 3.63. The Balaban J connectivity index is 2.83. The van der Waals surface area contributed by atoms with Crippen molar-refractivity contribution in [3.63, 3.8) is 0 Å². The summed E-state index contributed by atoms with van der Waals surface area (Å²) in [6.07, 6.45) is 1.74. The van der Waals surface area contributed by atoms with E-state index in [0.29, 0.717) is 12.5 Å². The van der Waals surface area contributed by atoms with Crippen LogP contribution in [0.4, 0.5) is 5.95 Å². The van der Waals surface area contributed by atoms with Gasteiger partial charge in [0.2, 0.25) is 5.95 Å². The van der Waals surface area contributed by atoms with Gasteiger partial charge >= 0.3 is 0 Å². The summed E-state index contributed by atoms with van der Waals surface area (Å²) in [5.41, 5.74) is 0.206. The summed E-state index contributed by atoms with van der Waals surface area (Å²) in [6, 6.07) is 1.86. The molecule has 0 aliphatic heterocycles. The van der Waals surface area contributed by atoms with Crippen LogP contribution in [0.1, 0.15) is 26.5 Å². The Morgan fingerprint density at radius 2 is 2.13 bits per heavy atom. The zero-order valence-corrected chi connectivity index (χ0v) is 9.86. The third kappa shape index (κ3) is 3.83. The molecular formula is C11H19N3O. The minimum atomic E-state index is -0.733. The zero-order chi connectivity index (χ0) is 11.5. The molecule has 1 N–H and O–H groups in total. The van der Waals surface area contributed by atoms with Crippen molar-refractivity contribution in [2.75, 3.05) is 18.0 Å². The van der Waals surface area contributed by atoms with Crippen LogP contribution in [0.3, 0.4) is 0 Å². The second-order valence-corrected chi connectivity index (χ2v) is 4.32. The molecule has 1 aromatic rings. The lowest BCUT2D eigenvalue weighted by Crippen LogP contribution is -2.39. The van der Waals surface area contributed by atoms with Crippen molar-refractivity contribution in [2.45, 2.75) is 33.3 Å². The van der Waals surface area contributed by atoms with Gasteiger partial charge in [-0.2, -0.15) is 0 Å². The van der Waals surface area contributed by atoms with Gasteiger partial charge in [-0.25, -0.2) is 9.97 Å². The lowest BCUT2D eigenvalue weighted by atomic mass is 10.1. The van der Waals surface area contributed by atoms with Gasteiger partial charge in [-0.3, -0.25) is 0 Å². The highest BCUT2D eigenvalue weighted by molar-refractivity contribution is 5.30. The molecule has 0 bridgehead atoms. The predicted octanol–water partition coefficient (Wildman–Crippen LogP) is 1.38. The summed E-state index contributed by atoms with van der Waals surface area (Å²) in [5.74, 6) is 0.680. The fourth-order valence-electron chi connectivity index (χ4n) is 1.38. The fraction of sp³-hybridized carbons (Fsp3) is 0.636. The first-order valence-corrected chi connectivity index (χ1v) is 5.19. The lowest BCUT2D eigenvalue weighted by molar-refractivity contribution is 0.0872.